The Morgan fingerprint density at radius 2 is 1.92 bits per heavy atom. The molecule has 1 aliphatic carbocycles. The third-order valence-electron chi connectivity index (χ3n) is 4.20. The van der Waals surface area contributed by atoms with Crippen LogP contribution in [0.15, 0.2) is 23.8 Å². The van der Waals surface area contributed by atoms with E-state index in [0.717, 1.165) is 0 Å². The van der Waals surface area contributed by atoms with Gasteiger partial charge in [0.2, 0.25) is 0 Å². The molecule has 0 aromatic carbocycles. The van der Waals surface area contributed by atoms with Gasteiger partial charge in [0.05, 0.1) is 6.61 Å². The van der Waals surface area contributed by atoms with Crippen molar-refractivity contribution in [1.82, 2.24) is 0 Å². The molecule has 0 amide bonds. The monoisotopic (exact) mass is 347 g/mol. The average Bonchev–Trinajstić information content (AvgIpc) is 2.58. The highest BCUT2D eigenvalue weighted by Gasteiger charge is 2.46. The molecule has 2 aliphatic rings. The van der Waals surface area contributed by atoms with Crippen molar-refractivity contribution in [2.75, 3.05) is 20.3 Å². The predicted octanol–water partition coefficient (Wildman–Crippen LogP) is -3.00. The number of methoxy groups -OCH3 is 1. The van der Waals surface area contributed by atoms with E-state index in [1.54, 1.807) is 12.2 Å². The molecule has 0 bridgehead atoms. The first kappa shape index (κ1) is 19.4. The highest BCUT2D eigenvalue weighted by Crippen LogP contribution is 2.29. The zero-order chi connectivity index (χ0) is 17.9. The molecule has 1 saturated heterocycles. The maximum absolute atomic E-state index is 10.1. The van der Waals surface area contributed by atoms with Crippen LogP contribution in [0.3, 0.4) is 0 Å². The van der Waals surface area contributed by atoms with Crippen molar-refractivity contribution in [2.45, 2.75) is 49.0 Å². The molecule has 8 unspecified atom stereocenters. The summed E-state index contributed by atoms with van der Waals surface area (Å²) in [5, 5.41) is 49.0. The SMILES string of the molecule is COC1C(O)C=CC(=CCN)C1OC1OC(CO)C(O)C(O)C1O. The standard InChI is InChI=1S/C15H25NO8/c1-22-14-8(18)3-2-7(4-5-16)13(14)24-15-12(21)11(20)10(19)9(6-17)23-15/h2-4,8-15,17-21H,5-6,16H2,1H3. The van der Waals surface area contributed by atoms with E-state index in [-0.39, 0.29) is 6.54 Å². The second kappa shape index (κ2) is 8.48. The van der Waals surface area contributed by atoms with Crippen LogP contribution < -0.4 is 5.73 Å². The van der Waals surface area contributed by atoms with E-state index in [1.807, 2.05) is 0 Å². The summed E-state index contributed by atoms with van der Waals surface area (Å²) in [5.74, 6) is 0. The molecule has 0 spiro atoms. The van der Waals surface area contributed by atoms with Crippen molar-refractivity contribution in [3.05, 3.63) is 23.8 Å². The maximum atomic E-state index is 10.1. The summed E-state index contributed by atoms with van der Waals surface area (Å²) in [5.41, 5.74) is 6.15. The molecule has 0 saturated carbocycles. The fraction of sp³-hybridized carbons (Fsp3) is 0.733. The minimum atomic E-state index is -1.55. The molecule has 138 valence electrons. The van der Waals surface area contributed by atoms with Crippen molar-refractivity contribution in [2.24, 2.45) is 5.73 Å². The Hall–Kier alpha value is -0.880. The normalized spacial score (nSPS) is 44.9. The molecular weight excluding hydrogens is 322 g/mol. The fourth-order valence-electron chi connectivity index (χ4n) is 2.85. The lowest BCUT2D eigenvalue weighted by molar-refractivity contribution is -0.315. The van der Waals surface area contributed by atoms with Crippen molar-refractivity contribution < 1.29 is 39.7 Å². The van der Waals surface area contributed by atoms with Gasteiger partial charge in [-0.2, -0.15) is 0 Å². The van der Waals surface area contributed by atoms with E-state index in [2.05, 4.69) is 0 Å². The summed E-state index contributed by atoms with van der Waals surface area (Å²) in [4.78, 5) is 0. The molecule has 9 nitrogen and oxygen atoms in total. The number of aliphatic hydroxyl groups excluding tert-OH is 5. The van der Waals surface area contributed by atoms with E-state index in [1.165, 1.54) is 13.2 Å². The third kappa shape index (κ3) is 3.85. The lowest BCUT2D eigenvalue weighted by Crippen LogP contribution is -2.60. The summed E-state index contributed by atoms with van der Waals surface area (Å²) in [6, 6.07) is 0. The topological polar surface area (TPSA) is 155 Å². The number of rotatable bonds is 5. The maximum Gasteiger partial charge on any atom is 0.187 e. The molecular formula is C15H25NO8. The molecule has 24 heavy (non-hydrogen) atoms. The van der Waals surface area contributed by atoms with Crippen molar-refractivity contribution in [1.29, 1.82) is 0 Å². The Morgan fingerprint density at radius 3 is 2.50 bits per heavy atom. The van der Waals surface area contributed by atoms with Crippen LogP contribution in [-0.4, -0.2) is 94.8 Å². The first-order valence-electron chi connectivity index (χ1n) is 7.69. The van der Waals surface area contributed by atoms with Crippen molar-refractivity contribution >= 4 is 0 Å². The van der Waals surface area contributed by atoms with Crippen LogP contribution in [0.1, 0.15) is 0 Å². The molecule has 1 heterocycles. The van der Waals surface area contributed by atoms with Gasteiger partial charge in [-0.3, -0.25) is 0 Å². The average molecular weight is 347 g/mol. The number of hydrogen-bond acceptors (Lipinski definition) is 9. The Balaban J connectivity index is 2.22. The molecule has 0 aromatic rings. The summed E-state index contributed by atoms with van der Waals surface area (Å²) in [6.07, 6.45) is -4.69. The minimum Gasteiger partial charge on any atom is -0.394 e. The van der Waals surface area contributed by atoms with Crippen molar-refractivity contribution in [3.63, 3.8) is 0 Å². The molecule has 0 aromatic heterocycles. The van der Waals surface area contributed by atoms with Crippen LogP contribution in [0.25, 0.3) is 0 Å². The summed E-state index contributed by atoms with van der Waals surface area (Å²) in [7, 11) is 1.40. The van der Waals surface area contributed by atoms with Crippen LogP contribution in [0.4, 0.5) is 0 Å². The first-order valence-corrected chi connectivity index (χ1v) is 7.69. The van der Waals surface area contributed by atoms with Crippen molar-refractivity contribution in [3.8, 4) is 0 Å². The molecule has 0 radical (unpaired) electrons. The second-order valence-electron chi connectivity index (χ2n) is 5.74. The second-order valence-corrected chi connectivity index (χ2v) is 5.74. The minimum absolute atomic E-state index is 0.223. The highest BCUT2D eigenvalue weighted by molar-refractivity contribution is 5.31. The first-order chi connectivity index (χ1) is 11.4. The van der Waals surface area contributed by atoms with Gasteiger partial charge in [0.25, 0.3) is 0 Å². The number of ether oxygens (including phenoxy) is 3. The molecule has 9 heteroatoms. The van der Waals surface area contributed by atoms with E-state index in [4.69, 9.17) is 19.9 Å². The van der Waals surface area contributed by atoms with Gasteiger partial charge in [0, 0.05) is 13.7 Å². The van der Waals surface area contributed by atoms with E-state index in [0.29, 0.717) is 5.57 Å². The lowest BCUT2D eigenvalue weighted by Gasteiger charge is -2.42. The van der Waals surface area contributed by atoms with Gasteiger partial charge in [-0.25, -0.2) is 0 Å². The Bertz CT molecular complexity index is 468. The molecule has 8 atom stereocenters. The van der Waals surface area contributed by atoms with Gasteiger partial charge in [-0.1, -0.05) is 18.2 Å². The van der Waals surface area contributed by atoms with Crippen LogP contribution >= 0.6 is 0 Å². The molecule has 1 aliphatic heterocycles. The summed E-state index contributed by atoms with van der Waals surface area (Å²) in [6.45, 7) is -0.335. The lowest BCUT2D eigenvalue weighted by atomic mass is 9.92. The third-order valence-corrected chi connectivity index (χ3v) is 4.20. The zero-order valence-electron chi connectivity index (χ0n) is 13.3. The number of hydrogen-bond donors (Lipinski definition) is 6. The van der Waals surface area contributed by atoms with E-state index < -0.39 is 55.6 Å². The predicted molar refractivity (Wildman–Crippen MR) is 81.7 cm³/mol. The number of aliphatic hydroxyl groups is 5. The fourth-order valence-corrected chi connectivity index (χ4v) is 2.85. The highest BCUT2D eigenvalue weighted by atomic mass is 16.7. The summed E-state index contributed by atoms with van der Waals surface area (Å²) < 4.78 is 16.3. The van der Waals surface area contributed by atoms with Crippen LogP contribution in [0.5, 0.6) is 0 Å². The Labute approximate surface area is 139 Å². The Morgan fingerprint density at radius 1 is 1.21 bits per heavy atom. The smallest absolute Gasteiger partial charge is 0.187 e. The Kier molecular flexibility index (Phi) is 6.87. The van der Waals surface area contributed by atoms with Gasteiger partial charge in [-0.15, -0.1) is 0 Å². The van der Waals surface area contributed by atoms with E-state index >= 15 is 0 Å². The number of nitrogens with two attached hydrogens (primary N) is 1. The van der Waals surface area contributed by atoms with Crippen LogP contribution in [0.2, 0.25) is 0 Å². The summed E-state index contributed by atoms with van der Waals surface area (Å²) >= 11 is 0. The van der Waals surface area contributed by atoms with E-state index in [9.17, 15) is 25.5 Å². The zero-order valence-corrected chi connectivity index (χ0v) is 13.3. The van der Waals surface area contributed by atoms with Gasteiger partial charge < -0.3 is 45.5 Å². The van der Waals surface area contributed by atoms with Crippen LogP contribution in [0, 0.1) is 0 Å². The van der Waals surface area contributed by atoms with Gasteiger partial charge in [0.1, 0.15) is 42.7 Å². The van der Waals surface area contributed by atoms with Gasteiger partial charge in [-0.05, 0) is 5.57 Å². The van der Waals surface area contributed by atoms with Gasteiger partial charge in [0.15, 0.2) is 6.29 Å². The van der Waals surface area contributed by atoms with Gasteiger partial charge >= 0.3 is 0 Å². The molecule has 7 N–H and O–H groups in total. The molecule has 1 fully saturated rings. The molecule has 2 rings (SSSR count). The quantitative estimate of drug-likeness (QED) is 0.305. The van der Waals surface area contributed by atoms with Crippen LogP contribution in [-0.2, 0) is 14.2 Å². The largest absolute Gasteiger partial charge is 0.394 e.